The predicted octanol–water partition coefficient (Wildman–Crippen LogP) is 1.35. The Kier molecular flexibility index (Phi) is 2.76. The zero-order chi connectivity index (χ0) is 11.0. The third-order valence-corrected chi connectivity index (χ3v) is 2.75. The first-order valence-corrected chi connectivity index (χ1v) is 4.36. The van der Waals surface area contributed by atoms with Crippen LogP contribution in [0.5, 0.6) is 0 Å². The maximum atomic E-state index is 12.6. The van der Waals surface area contributed by atoms with Crippen LogP contribution in [-0.2, 0) is 4.79 Å². The smallest absolute Gasteiger partial charge is 0.406 e. The quantitative estimate of drug-likeness (QED) is 0.749. The number of carbonyl (C=O) groups is 1. The zero-order valence-corrected chi connectivity index (χ0v) is 7.76. The summed E-state index contributed by atoms with van der Waals surface area (Å²) in [7, 11) is 0. The average molecular weight is 211 g/mol. The highest BCUT2D eigenvalue weighted by Gasteiger charge is 2.63. The fourth-order valence-electron chi connectivity index (χ4n) is 1.69. The molecule has 1 aliphatic heterocycles. The summed E-state index contributed by atoms with van der Waals surface area (Å²) in [6.07, 6.45) is -5.01. The summed E-state index contributed by atoms with van der Waals surface area (Å²) in [5.41, 5.74) is -2.55. The summed E-state index contributed by atoms with van der Waals surface area (Å²) in [5.74, 6) is -1.76. The molecule has 0 aromatic rings. The van der Waals surface area contributed by atoms with Crippen LogP contribution in [0.1, 0.15) is 13.3 Å². The summed E-state index contributed by atoms with van der Waals surface area (Å²) in [6.45, 7) is 1.93. The van der Waals surface area contributed by atoms with E-state index in [1.54, 1.807) is 6.92 Å². The lowest BCUT2D eigenvalue weighted by atomic mass is 9.86. The molecule has 1 fully saturated rings. The Morgan fingerprint density at radius 3 is 2.36 bits per heavy atom. The van der Waals surface area contributed by atoms with Crippen LogP contribution >= 0.6 is 0 Å². The minimum Gasteiger partial charge on any atom is -0.481 e. The molecule has 1 heterocycles. The Balaban J connectivity index is 2.92. The van der Waals surface area contributed by atoms with Crippen LogP contribution in [0, 0.1) is 5.41 Å². The Morgan fingerprint density at radius 1 is 1.57 bits per heavy atom. The molecular formula is C8H12F3NO2. The van der Waals surface area contributed by atoms with Crippen molar-refractivity contribution in [1.82, 2.24) is 4.90 Å². The van der Waals surface area contributed by atoms with E-state index in [2.05, 4.69) is 0 Å². The zero-order valence-electron chi connectivity index (χ0n) is 7.76. The van der Waals surface area contributed by atoms with Crippen molar-refractivity contribution in [3.05, 3.63) is 0 Å². The van der Waals surface area contributed by atoms with Gasteiger partial charge in [-0.1, -0.05) is 6.92 Å². The van der Waals surface area contributed by atoms with Crippen molar-refractivity contribution < 1.29 is 23.1 Å². The fourth-order valence-corrected chi connectivity index (χ4v) is 1.69. The first-order chi connectivity index (χ1) is 6.33. The van der Waals surface area contributed by atoms with Crippen LogP contribution in [0.2, 0.25) is 0 Å². The lowest BCUT2D eigenvalue weighted by Crippen LogP contribution is -2.47. The van der Waals surface area contributed by atoms with Crippen LogP contribution < -0.4 is 0 Å². The molecule has 0 aromatic heterocycles. The molecule has 0 amide bonds. The van der Waals surface area contributed by atoms with Crippen LogP contribution in [0.4, 0.5) is 13.2 Å². The van der Waals surface area contributed by atoms with Crippen LogP contribution in [0.15, 0.2) is 0 Å². The maximum absolute atomic E-state index is 12.6. The Bertz CT molecular complexity index is 241. The van der Waals surface area contributed by atoms with Gasteiger partial charge in [0, 0.05) is 6.54 Å². The number of hydrogen-bond donors (Lipinski definition) is 1. The lowest BCUT2D eigenvalue weighted by Gasteiger charge is -2.27. The molecule has 0 aromatic carbocycles. The van der Waals surface area contributed by atoms with Gasteiger partial charge in [-0.05, 0) is 19.5 Å². The van der Waals surface area contributed by atoms with E-state index < -0.39 is 24.1 Å². The monoisotopic (exact) mass is 211 g/mol. The molecule has 1 N–H and O–H groups in total. The third kappa shape index (κ3) is 1.58. The number of rotatable bonds is 2. The molecule has 1 rings (SSSR count). The summed E-state index contributed by atoms with van der Waals surface area (Å²) in [4.78, 5) is 12.2. The van der Waals surface area contributed by atoms with Gasteiger partial charge >= 0.3 is 12.1 Å². The van der Waals surface area contributed by atoms with E-state index in [0.29, 0.717) is 6.54 Å². The summed E-state index contributed by atoms with van der Waals surface area (Å²) >= 11 is 0. The normalized spacial score (nSPS) is 29.4. The lowest BCUT2D eigenvalue weighted by molar-refractivity contribution is -0.227. The minimum absolute atomic E-state index is 0.197. The van der Waals surface area contributed by atoms with Crippen molar-refractivity contribution in [3.63, 3.8) is 0 Å². The molecule has 0 aliphatic carbocycles. The molecule has 3 nitrogen and oxygen atoms in total. The number of carboxylic acid groups (broad SMARTS) is 1. The molecule has 0 bridgehead atoms. The van der Waals surface area contributed by atoms with Crippen molar-refractivity contribution in [2.24, 2.45) is 5.41 Å². The van der Waals surface area contributed by atoms with Gasteiger partial charge in [0.25, 0.3) is 0 Å². The summed E-state index contributed by atoms with van der Waals surface area (Å²) < 4.78 is 37.7. The van der Waals surface area contributed by atoms with Gasteiger partial charge in [-0.2, -0.15) is 13.2 Å². The number of likely N-dealkylation sites (tertiary alicyclic amines) is 1. The van der Waals surface area contributed by atoms with Gasteiger partial charge in [0.2, 0.25) is 0 Å². The van der Waals surface area contributed by atoms with E-state index in [1.165, 1.54) is 4.90 Å². The second-order valence-electron chi connectivity index (χ2n) is 3.50. The predicted molar refractivity (Wildman–Crippen MR) is 42.9 cm³/mol. The van der Waals surface area contributed by atoms with Crippen molar-refractivity contribution in [2.45, 2.75) is 19.5 Å². The van der Waals surface area contributed by atoms with E-state index in [0.717, 1.165) is 0 Å². The standard InChI is InChI=1S/C8H12F3NO2/c1-2-12-4-3-7(5-12,6(13)14)8(9,10)11/h2-5H2,1H3,(H,13,14). The Hall–Kier alpha value is -0.780. The summed E-state index contributed by atoms with van der Waals surface area (Å²) in [6, 6.07) is 0. The molecule has 82 valence electrons. The van der Waals surface area contributed by atoms with E-state index >= 15 is 0 Å². The van der Waals surface area contributed by atoms with Crippen LogP contribution in [0.3, 0.4) is 0 Å². The highest BCUT2D eigenvalue weighted by atomic mass is 19.4. The summed E-state index contributed by atoms with van der Waals surface area (Å²) in [5, 5.41) is 8.67. The molecule has 14 heavy (non-hydrogen) atoms. The topological polar surface area (TPSA) is 40.5 Å². The first kappa shape index (κ1) is 11.3. The van der Waals surface area contributed by atoms with Gasteiger partial charge in [0.15, 0.2) is 5.41 Å². The fraction of sp³-hybridized carbons (Fsp3) is 0.875. The van der Waals surface area contributed by atoms with Crippen molar-refractivity contribution in [3.8, 4) is 0 Å². The Morgan fingerprint density at radius 2 is 2.14 bits per heavy atom. The maximum Gasteiger partial charge on any atom is 0.406 e. The average Bonchev–Trinajstić information content (AvgIpc) is 2.47. The second-order valence-corrected chi connectivity index (χ2v) is 3.50. The largest absolute Gasteiger partial charge is 0.481 e. The second kappa shape index (κ2) is 3.42. The van der Waals surface area contributed by atoms with Gasteiger partial charge in [-0.15, -0.1) is 0 Å². The molecule has 1 aliphatic rings. The first-order valence-electron chi connectivity index (χ1n) is 4.36. The Labute approximate surface area is 79.5 Å². The molecule has 0 spiro atoms. The number of carboxylic acids is 1. The number of aliphatic carboxylic acids is 1. The molecule has 0 radical (unpaired) electrons. The van der Waals surface area contributed by atoms with E-state index in [1.807, 2.05) is 0 Å². The highest BCUT2D eigenvalue weighted by Crippen LogP contribution is 2.45. The van der Waals surface area contributed by atoms with Crippen molar-refractivity contribution >= 4 is 5.97 Å². The number of halogens is 3. The van der Waals surface area contributed by atoms with Gasteiger partial charge in [0.1, 0.15) is 0 Å². The van der Waals surface area contributed by atoms with Crippen molar-refractivity contribution in [1.29, 1.82) is 0 Å². The van der Waals surface area contributed by atoms with Crippen LogP contribution in [-0.4, -0.2) is 41.8 Å². The number of alkyl halides is 3. The van der Waals surface area contributed by atoms with Crippen molar-refractivity contribution in [2.75, 3.05) is 19.6 Å². The van der Waals surface area contributed by atoms with Gasteiger partial charge in [-0.25, -0.2) is 0 Å². The molecule has 6 heteroatoms. The minimum atomic E-state index is -4.66. The van der Waals surface area contributed by atoms with Crippen LogP contribution in [0.25, 0.3) is 0 Å². The van der Waals surface area contributed by atoms with E-state index in [9.17, 15) is 18.0 Å². The van der Waals surface area contributed by atoms with Gasteiger partial charge in [0.05, 0.1) is 0 Å². The molecule has 1 unspecified atom stereocenters. The van der Waals surface area contributed by atoms with Gasteiger partial charge in [-0.3, -0.25) is 4.79 Å². The molecule has 1 atom stereocenters. The molecule has 1 saturated heterocycles. The highest BCUT2D eigenvalue weighted by molar-refractivity contribution is 5.76. The third-order valence-electron chi connectivity index (χ3n) is 2.75. The van der Waals surface area contributed by atoms with Gasteiger partial charge < -0.3 is 10.0 Å². The molecular weight excluding hydrogens is 199 g/mol. The number of hydrogen-bond acceptors (Lipinski definition) is 2. The SMILES string of the molecule is CCN1CCC(C(=O)O)(C(F)(F)F)C1. The number of nitrogens with zero attached hydrogens (tertiary/aromatic N) is 1. The molecule has 0 saturated carbocycles. The van der Waals surface area contributed by atoms with E-state index in [-0.39, 0.29) is 13.0 Å². The van der Waals surface area contributed by atoms with E-state index in [4.69, 9.17) is 5.11 Å².